The van der Waals surface area contributed by atoms with Crippen molar-refractivity contribution in [3.05, 3.63) is 0 Å². The van der Waals surface area contributed by atoms with Crippen LogP contribution < -0.4 is 5.32 Å². The van der Waals surface area contributed by atoms with Crippen LogP contribution in [0.5, 0.6) is 0 Å². The Morgan fingerprint density at radius 2 is 0.794 bits per heavy atom. The third-order valence-corrected chi connectivity index (χ3v) is 13.9. The van der Waals surface area contributed by atoms with Gasteiger partial charge in [0.15, 0.2) is 0 Å². The number of hydrogen-bond acceptors (Lipinski definition) is 12. The predicted molar refractivity (Wildman–Crippen MR) is 249 cm³/mol. The minimum atomic E-state index is -5.23. The Balaban J connectivity index is 2.49. The summed E-state index contributed by atoms with van der Waals surface area (Å²) in [7, 11) is -5.23. The van der Waals surface area contributed by atoms with Crippen LogP contribution in [-0.4, -0.2) is 119 Å². The monoisotopic (exact) mass is 926 g/mol. The van der Waals surface area contributed by atoms with Crippen molar-refractivity contribution < 1.29 is 64.2 Å². The van der Waals surface area contributed by atoms with E-state index in [9.17, 15) is 55.1 Å². The van der Waals surface area contributed by atoms with Gasteiger partial charge >= 0.3 is 7.82 Å². The second kappa shape index (κ2) is 38.3. The standard InChI is InChI=1S/C48H96NO13P/c1-3-5-7-9-11-13-15-17-18-19-20-21-22-23-24-26-28-30-32-34-36-40(51)48(58)49-38(37-61-63(59,60)62-47-45(56)43(54)42(53)44(55)46(47)57)41(52)39(50)35-33-31-29-27-25-16-14-12-10-8-6-4-2/h38-47,50-57H,3-37H2,1-2H3,(H,49,58)(H,59,60)/t38-,39+,40+,41-,42?,43-,44+,45+,46+,47?/m0/s1. The molecule has 0 aliphatic heterocycles. The first-order valence-electron chi connectivity index (χ1n) is 25.7. The Kier molecular flexibility index (Phi) is 36.6. The van der Waals surface area contributed by atoms with Gasteiger partial charge in [0, 0.05) is 0 Å². The van der Waals surface area contributed by atoms with E-state index in [0.29, 0.717) is 12.8 Å². The molecule has 1 aliphatic rings. The summed E-state index contributed by atoms with van der Waals surface area (Å²) in [5.74, 6) is -0.856. The maximum Gasteiger partial charge on any atom is 0.472 e. The molecular formula is C48H96NO13P. The Morgan fingerprint density at radius 1 is 0.492 bits per heavy atom. The van der Waals surface area contributed by atoms with E-state index in [-0.39, 0.29) is 12.8 Å². The quantitative estimate of drug-likeness (QED) is 0.0205. The molecule has 1 rings (SSSR count). The highest BCUT2D eigenvalue weighted by Crippen LogP contribution is 2.47. The molecule has 63 heavy (non-hydrogen) atoms. The summed E-state index contributed by atoms with van der Waals surface area (Å²) in [5.41, 5.74) is 0. The zero-order chi connectivity index (χ0) is 46.7. The molecule has 1 saturated carbocycles. The van der Waals surface area contributed by atoms with Gasteiger partial charge in [0.1, 0.15) is 48.8 Å². The van der Waals surface area contributed by atoms with Gasteiger partial charge < -0.3 is 51.1 Å². The number of nitrogens with one attached hydrogen (secondary N) is 1. The number of unbranched alkanes of at least 4 members (excludes halogenated alkanes) is 30. The van der Waals surface area contributed by atoms with Gasteiger partial charge in [0.25, 0.3) is 0 Å². The van der Waals surface area contributed by atoms with E-state index in [4.69, 9.17) is 9.05 Å². The molecule has 0 aromatic carbocycles. The minimum absolute atomic E-state index is 0.158. The zero-order valence-corrected chi connectivity index (χ0v) is 40.5. The van der Waals surface area contributed by atoms with Crippen molar-refractivity contribution in [1.82, 2.24) is 5.32 Å². The van der Waals surface area contributed by atoms with Crippen molar-refractivity contribution in [3.63, 3.8) is 0 Å². The highest BCUT2D eigenvalue weighted by Gasteiger charge is 2.51. The van der Waals surface area contributed by atoms with Gasteiger partial charge in [-0.2, -0.15) is 0 Å². The van der Waals surface area contributed by atoms with E-state index in [1.165, 1.54) is 141 Å². The molecule has 11 atom stereocenters. The van der Waals surface area contributed by atoms with Crippen LogP contribution >= 0.6 is 7.82 Å². The summed E-state index contributed by atoms with van der Waals surface area (Å²) in [6.07, 6.45) is 21.8. The average Bonchev–Trinajstić information content (AvgIpc) is 3.27. The zero-order valence-electron chi connectivity index (χ0n) is 39.6. The molecule has 0 saturated heterocycles. The predicted octanol–water partition coefficient (Wildman–Crippen LogP) is 8.18. The smallest absolute Gasteiger partial charge is 0.390 e. The Labute approximate surface area is 382 Å². The average molecular weight is 926 g/mol. The summed E-state index contributed by atoms with van der Waals surface area (Å²) in [5, 5.41) is 85.5. The van der Waals surface area contributed by atoms with Gasteiger partial charge in [-0.3, -0.25) is 13.8 Å². The molecule has 3 unspecified atom stereocenters. The van der Waals surface area contributed by atoms with Gasteiger partial charge in [-0.15, -0.1) is 0 Å². The molecule has 0 spiro atoms. The normalized spacial score (nSPS) is 23.3. The first kappa shape index (κ1) is 60.3. The van der Waals surface area contributed by atoms with Crippen LogP contribution in [0, 0.1) is 0 Å². The fourth-order valence-electron chi connectivity index (χ4n) is 8.54. The van der Waals surface area contributed by atoms with Gasteiger partial charge in [0.05, 0.1) is 18.8 Å². The lowest BCUT2D eigenvalue weighted by Crippen LogP contribution is -2.64. The third-order valence-electron chi connectivity index (χ3n) is 12.9. The summed E-state index contributed by atoms with van der Waals surface area (Å²) < 4.78 is 22.9. The molecule has 15 heteroatoms. The maximum atomic E-state index is 13.1. The molecule has 0 aromatic rings. The van der Waals surface area contributed by atoms with Gasteiger partial charge in [-0.25, -0.2) is 4.57 Å². The van der Waals surface area contributed by atoms with E-state index < -0.39 is 81.3 Å². The highest BCUT2D eigenvalue weighted by molar-refractivity contribution is 7.47. The molecule has 0 bridgehead atoms. The van der Waals surface area contributed by atoms with Crippen molar-refractivity contribution in [2.75, 3.05) is 6.61 Å². The largest absolute Gasteiger partial charge is 0.472 e. The lowest BCUT2D eigenvalue weighted by atomic mass is 9.85. The van der Waals surface area contributed by atoms with Crippen LogP contribution in [0.2, 0.25) is 0 Å². The first-order chi connectivity index (χ1) is 30.3. The number of carbonyl (C=O) groups is 1. The third kappa shape index (κ3) is 28.9. The molecule has 0 heterocycles. The molecule has 10 N–H and O–H groups in total. The van der Waals surface area contributed by atoms with Crippen LogP contribution in [0.3, 0.4) is 0 Å². The van der Waals surface area contributed by atoms with Crippen LogP contribution in [0.4, 0.5) is 0 Å². The number of hydrogen-bond donors (Lipinski definition) is 10. The van der Waals surface area contributed by atoms with Gasteiger partial charge in [-0.05, 0) is 12.8 Å². The van der Waals surface area contributed by atoms with Gasteiger partial charge in [-0.1, -0.05) is 219 Å². The molecule has 376 valence electrons. The van der Waals surface area contributed by atoms with Crippen LogP contribution in [0.25, 0.3) is 0 Å². The summed E-state index contributed by atoms with van der Waals surface area (Å²) in [4.78, 5) is 23.6. The van der Waals surface area contributed by atoms with Crippen LogP contribution in [0.15, 0.2) is 0 Å². The summed E-state index contributed by atoms with van der Waals surface area (Å²) >= 11 is 0. The van der Waals surface area contributed by atoms with Crippen molar-refractivity contribution in [2.24, 2.45) is 0 Å². The molecule has 0 radical (unpaired) electrons. The van der Waals surface area contributed by atoms with Crippen molar-refractivity contribution in [2.45, 2.75) is 293 Å². The number of phosphoric acid groups is 1. The topological polar surface area (TPSA) is 247 Å². The number of amides is 1. The van der Waals surface area contributed by atoms with E-state index >= 15 is 0 Å². The van der Waals surface area contributed by atoms with E-state index in [1.54, 1.807) is 0 Å². The molecule has 1 fully saturated rings. The lowest BCUT2D eigenvalue weighted by Gasteiger charge is -2.41. The van der Waals surface area contributed by atoms with Crippen LogP contribution in [-0.2, 0) is 18.4 Å². The van der Waals surface area contributed by atoms with Crippen molar-refractivity contribution in [3.8, 4) is 0 Å². The molecule has 1 amide bonds. The summed E-state index contributed by atoms with van der Waals surface area (Å²) in [6, 6.07) is -1.47. The first-order valence-corrected chi connectivity index (χ1v) is 27.2. The minimum Gasteiger partial charge on any atom is -0.390 e. The van der Waals surface area contributed by atoms with Gasteiger partial charge in [0.2, 0.25) is 5.91 Å². The molecular weight excluding hydrogens is 829 g/mol. The molecule has 1 aliphatic carbocycles. The maximum absolute atomic E-state index is 13.1. The molecule has 14 nitrogen and oxygen atoms in total. The number of aliphatic hydroxyl groups is 8. The Hall–Kier alpha value is -0.740. The van der Waals surface area contributed by atoms with Crippen molar-refractivity contribution in [1.29, 1.82) is 0 Å². The van der Waals surface area contributed by atoms with Crippen molar-refractivity contribution >= 4 is 13.7 Å². The van der Waals surface area contributed by atoms with E-state index in [2.05, 4.69) is 19.2 Å². The molecule has 0 aromatic heterocycles. The lowest BCUT2D eigenvalue weighted by molar-refractivity contribution is -0.220. The summed E-state index contributed by atoms with van der Waals surface area (Å²) in [6.45, 7) is 3.59. The fraction of sp³-hybridized carbons (Fsp3) is 0.979. The number of aliphatic hydroxyl groups excluding tert-OH is 8. The number of rotatable bonds is 43. The SMILES string of the molecule is CCCCCCCCCCCCCCCCCCCCCC[C@@H](O)C(=O)N[C@@H](COP(=O)(O)OC1[C@H](O)[C@H](O)C(O)[C@H](O)[C@H]1O)[C@H](O)[C@H](O)CCCCCCCCCCCCCC. The fourth-order valence-corrected chi connectivity index (χ4v) is 9.51. The Bertz CT molecular complexity index is 1110. The van der Waals surface area contributed by atoms with Crippen LogP contribution in [0.1, 0.15) is 232 Å². The second-order valence-corrected chi connectivity index (χ2v) is 20.1. The second-order valence-electron chi connectivity index (χ2n) is 18.7. The highest BCUT2D eigenvalue weighted by atomic mass is 31.2. The van der Waals surface area contributed by atoms with E-state index in [1.807, 2.05) is 0 Å². The van der Waals surface area contributed by atoms with E-state index in [0.717, 1.165) is 51.4 Å². The number of phosphoric ester groups is 1. The Morgan fingerprint density at radius 3 is 1.14 bits per heavy atom. The number of carbonyl (C=O) groups excluding carboxylic acids is 1.